The van der Waals surface area contributed by atoms with Crippen LogP contribution >= 0.6 is 11.8 Å². The van der Waals surface area contributed by atoms with Crippen LogP contribution in [0.2, 0.25) is 0 Å². The van der Waals surface area contributed by atoms with Gasteiger partial charge in [-0.2, -0.15) is 5.10 Å². The zero-order valence-electron chi connectivity index (χ0n) is 16.0. The second-order valence-electron chi connectivity index (χ2n) is 7.35. The van der Waals surface area contributed by atoms with Crippen LogP contribution in [-0.2, 0) is 11.8 Å². The Morgan fingerprint density at radius 2 is 2.17 bits per heavy atom. The third kappa shape index (κ3) is 4.47. The molecule has 1 aliphatic carbocycles. The van der Waals surface area contributed by atoms with Crippen LogP contribution in [-0.4, -0.2) is 37.6 Å². The summed E-state index contributed by atoms with van der Waals surface area (Å²) in [5.41, 5.74) is 0.127. The molecule has 154 valence electrons. The first-order valence-corrected chi connectivity index (χ1v) is 10.7. The van der Waals surface area contributed by atoms with Crippen molar-refractivity contribution in [3.63, 3.8) is 0 Å². The van der Waals surface area contributed by atoms with Crippen molar-refractivity contribution in [3.05, 3.63) is 23.8 Å². The summed E-state index contributed by atoms with van der Waals surface area (Å²) in [6, 6.07) is 0. The number of rotatable bonds is 5. The molecule has 1 fully saturated rings. The van der Waals surface area contributed by atoms with E-state index in [1.807, 2.05) is 6.21 Å². The molecule has 4 rings (SSSR count). The van der Waals surface area contributed by atoms with Crippen molar-refractivity contribution in [2.24, 2.45) is 18.0 Å². The minimum atomic E-state index is -2.77. The number of nitrogens with zero attached hydrogens (tertiary/aromatic N) is 5. The number of nitrogens with one attached hydrogen (secondary N) is 1. The SMILES string of the molecule is Cn1cc(NC(=O)C2CSc3ncc(/N=C/C4CCCCC4)nc32)c(C(F)F)n1. The number of fused-ring (bicyclic) bond motifs is 1. The molecule has 2 aromatic heterocycles. The highest BCUT2D eigenvalue weighted by Gasteiger charge is 2.33. The van der Waals surface area contributed by atoms with E-state index in [1.165, 1.54) is 49.0 Å². The molecule has 1 N–H and O–H groups in total. The number of thioether (sulfide) groups is 1. The summed E-state index contributed by atoms with van der Waals surface area (Å²) in [7, 11) is 1.53. The molecule has 0 aromatic carbocycles. The molecular weight excluding hydrogens is 398 g/mol. The topological polar surface area (TPSA) is 85.1 Å². The monoisotopic (exact) mass is 420 g/mol. The Labute approximate surface area is 171 Å². The van der Waals surface area contributed by atoms with Crippen molar-refractivity contribution in [2.45, 2.75) is 49.5 Å². The van der Waals surface area contributed by atoms with Gasteiger partial charge in [0.05, 0.1) is 23.5 Å². The summed E-state index contributed by atoms with van der Waals surface area (Å²) in [5, 5.41) is 6.98. The van der Waals surface area contributed by atoms with Gasteiger partial charge in [0, 0.05) is 25.2 Å². The number of aliphatic imine (C=N–C) groups is 1. The Balaban J connectivity index is 1.50. The van der Waals surface area contributed by atoms with Gasteiger partial charge in [-0.1, -0.05) is 19.3 Å². The molecule has 2 aromatic rings. The van der Waals surface area contributed by atoms with Crippen molar-refractivity contribution in [2.75, 3.05) is 11.1 Å². The summed E-state index contributed by atoms with van der Waals surface area (Å²) in [4.78, 5) is 26.2. The third-order valence-corrected chi connectivity index (χ3v) is 6.26. The Bertz CT molecular complexity index is 925. The van der Waals surface area contributed by atoms with Gasteiger partial charge in [-0.25, -0.2) is 23.7 Å². The molecule has 1 atom stereocenters. The van der Waals surface area contributed by atoms with Crippen molar-refractivity contribution >= 4 is 35.4 Å². The Morgan fingerprint density at radius 3 is 2.93 bits per heavy atom. The number of amides is 1. The lowest BCUT2D eigenvalue weighted by molar-refractivity contribution is -0.117. The number of aromatic nitrogens is 4. The highest BCUT2D eigenvalue weighted by molar-refractivity contribution is 7.99. The van der Waals surface area contributed by atoms with Crippen LogP contribution in [0.5, 0.6) is 0 Å². The van der Waals surface area contributed by atoms with Gasteiger partial charge >= 0.3 is 0 Å². The van der Waals surface area contributed by atoms with Gasteiger partial charge in [-0.15, -0.1) is 11.8 Å². The highest BCUT2D eigenvalue weighted by Crippen LogP contribution is 2.39. The highest BCUT2D eigenvalue weighted by atomic mass is 32.2. The fraction of sp³-hybridized carbons (Fsp3) is 0.526. The molecule has 0 spiro atoms. The van der Waals surface area contributed by atoms with Crippen LogP contribution in [0.4, 0.5) is 20.3 Å². The summed E-state index contributed by atoms with van der Waals surface area (Å²) in [6.07, 6.45) is 8.16. The zero-order valence-corrected chi connectivity index (χ0v) is 16.8. The summed E-state index contributed by atoms with van der Waals surface area (Å²) >= 11 is 1.43. The van der Waals surface area contributed by atoms with Crippen molar-refractivity contribution in [3.8, 4) is 0 Å². The molecule has 1 saturated carbocycles. The van der Waals surface area contributed by atoms with Crippen LogP contribution < -0.4 is 5.32 Å². The van der Waals surface area contributed by atoms with Gasteiger partial charge in [0.15, 0.2) is 11.5 Å². The quantitative estimate of drug-likeness (QED) is 0.731. The molecule has 1 aliphatic heterocycles. The molecule has 1 unspecified atom stereocenters. The van der Waals surface area contributed by atoms with E-state index in [0.717, 1.165) is 12.8 Å². The summed E-state index contributed by atoms with van der Waals surface area (Å²) < 4.78 is 27.5. The standard InChI is InChI=1S/C19H22F2N6OS/c1-27-9-13(16(26-27)17(20)21)24-18(28)12-10-29-19-15(12)25-14(8-23-19)22-7-11-5-3-2-4-6-11/h7-9,11-12,17H,2-6,10H2,1H3,(H,24,28)/b22-7+. The summed E-state index contributed by atoms with van der Waals surface area (Å²) in [5.74, 6) is 0.433. The Morgan fingerprint density at radius 1 is 1.38 bits per heavy atom. The maximum atomic E-state index is 13.1. The van der Waals surface area contributed by atoms with Gasteiger partial charge in [-0.3, -0.25) is 9.48 Å². The van der Waals surface area contributed by atoms with Crippen LogP contribution in [0.15, 0.2) is 22.4 Å². The second kappa shape index (κ2) is 8.56. The molecule has 0 radical (unpaired) electrons. The fourth-order valence-electron chi connectivity index (χ4n) is 3.67. The lowest BCUT2D eigenvalue weighted by atomic mass is 9.90. The number of halogens is 2. The van der Waals surface area contributed by atoms with Gasteiger partial charge in [-0.05, 0) is 18.8 Å². The number of anilines is 1. The van der Waals surface area contributed by atoms with Gasteiger partial charge in [0.2, 0.25) is 5.91 Å². The van der Waals surface area contributed by atoms with E-state index >= 15 is 0 Å². The number of hydrogen-bond acceptors (Lipinski definition) is 6. The molecule has 0 saturated heterocycles. The number of carbonyl (C=O) groups excluding carboxylic acids is 1. The first-order chi connectivity index (χ1) is 14.0. The Hall–Kier alpha value is -2.36. The molecule has 0 bridgehead atoms. The first kappa shape index (κ1) is 19.9. The maximum Gasteiger partial charge on any atom is 0.284 e. The van der Waals surface area contributed by atoms with E-state index in [1.54, 1.807) is 6.20 Å². The first-order valence-electron chi connectivity index (χ1n) is 9.67. The summed E-state index contributed by atoms with van der Waals surface area (Å²) in [6.45, 7) is 0. The zero-order chi connectivity index (χ0) is 20.4. The Kier molecular flexibility index (Phi) is 5.89. The lowest BCUT2D eigenvalue weighted by Gasteiger charge is -2.16. The van der Waals surface area contributed by atoms with Crippen LogP contribution in [0.3, 0.4) is 0 Å². The predicted octanol–water partition coefficient (Wildman–Crippen LogP) is 4.26. The smallest absolute Gasteiger partial charge is 0.284 e. The van der Waals surface area contributed by atoms with Crippen molar-refractivity contribution in [1.82, 2.24) is 19.7 Å². The van der Waals surface area contributed by atoms with Crippen molar-refractivity contribution < 1.29 is 13.6 Å². The molecular formula is C19H22F2N6OS. The second-order valence-corrected chi connectivity index (χ2v) is 8.36. The average Bonchev–Trinajstić information content (AvgIpc) is 3.30. The number of alkyl halides is 2. The number of carbonyl (C=O) groups is 1. The number of aryl methyl sites for hydroxylation is 1. The molecule has 29 heavy (non-hydrogen) atoms. The van der Waals surface area contributed by atoms with Gasteiger partial charge in [0.1, 0.15) is 5.03 Å². The minimum Gasteiger partial charge on any atom is -0.322 e. The van der Waals surface area contributed by atoms with Crippen LogP contribution in [0.25, 0.3) is 0 Å². The van der Waals surface area contributed by atoms with Crippen LogP contribution in [0, 0.1) is 5.92 Å². The van der Waals surface area contributed by atoms with E-state index in [4.69, 9.17) is 0 Å². The van der Waals surface area contributed by atoms with Crippen molar-refractivity contribution in [1.29, 1.82) is 0 Å². The normalized spacial score (nSPS) is 19.8. The molecule has 1 amide bonds. The molecule has 2 aliphatic rings. The molecule has 3 heterocycles. The van der Waals surface area contributed by atoms with E-state index < -0.39 is 23.9 Å². The number of hydrogen-bond donors (Lipinski definition) is 1. The van der Waals surface area contributed by atoms with E-state index in [9.17, 15) is 13.6 Å². The third-order valence-electron chi connectivity index (χ3n) is 5.17. The van der Waals surface area contributed by atoms with Gasteiger partial charge < -0.3 is 5.32 Å². The van der Waals surface area contributed by atoms with Gasteiger partial charge in [0.25, 0.3) is 6.43 Å². The van der Waals surface area contributed by atoms with E-state index in [0.29, 0.717) is 28.2 Å². The van der Waals surface area contributed by atoms with Crippen LogP contribution in [0.1, 0.15) is 55.8 Å². The largest absolute Gasteiger partial charge is 0.322 e. The molecule has 10 heteroatoms. The maximum absolute atomic E-state index is 13.1. The lowest BCUT2D eigenvalue weighted by Crippen LogP contribution is -2.22. The minimum absolute atomic E-state index is 0.0189. The average molecular weight is 420 g/mol. The van der Waals surface area contributed by atoms with E-state index in [-0.39, 0.29) is 5.69 Å². The predicted molar refractivity (Wildman–Crippen MR) is 107 cm³/mol. The molecule has 7 nitrogen and oxygen atoms in total. The van der Waals surface area contributed by atoms with E-state index in [2.05, 4.69) is 25.4 Å². The fourth-order valence-corrected chi connectivity index (χ4v) is 4.77.